The van der Waals surface area contributed by atoms with Crippen molar-refractivity contribution in [3.05, 3.63) is 0 Å². The highest BCUT2D eigenvalue weighted by atomic mass is 32.2. The van der Waals surface area contributed by atoms with Gasteiger partial charge in [0.25, 0.3) is 0 Å². The summed E-state index contributed by atoms with van der Waals surface area (Å²) in [6.07, 6.45) is 3.68. The fourth-order valence-electron chi connectivity index (χ4n) is 3.22. The van der Waals surface area contributed by atoms with Crippen LogP contribution < -0.4 is 5.32 Å². The highest BCUT2D eigenvalue weighted by Crippen LogP contribution is 2.40. The minimum atomic E-state index is -0.516. The van der Waals surface area contributed by atoms with Gasteiger partial charge in [0.15, 0.2) is 0 Å². The van der Waals surface area contributed by atoms with Gasteiger partial charge in [-0.25, -0.2) is 0 Å². The second kappa shape index (κ2) is 8.39. The third-order valence-corrected chi connectivity index (χ3v) is 5.83. The molecular formula is C16H31NO3S. The van der Waals surface area contributed by atoms with Crippen molar-refractivity contribution in [1.82, 2.24) is 5.32 Å². The molecule has 0 bridgehead atoms. The molecule has 21 heavy (non-hydrogen) atoms. The lowest BCUT2D eigenvalue weighted by molar-refractivity contribution is -0.150. The molecule has 0 aromatic carbocycles. The second-order valence-corrected chi connectivity index (χ2v) is 7.94. The molecular weight excluding hydrogens is 286 g/mol. The van der Waals surface area contributed by atoms with Crippen LogP contribution in [0.3, 0.4) is 0 Å². The van der Waals surface area contributed by atoms with Crippen LogP contribution in [0.4, 0.5) is 0 Å². The molecule has 0 spiro atoms. The van der Waals surface area contributed by atoms with Crippen molar-refractivity contribution in [1.29, 1.82) is 0 Å². The molecule has 0 amide bonds. The van der Waals surface area contributed by atoms with E-state index in [-0.39, 0.29) is 23.4 Å². The average molecular weight is 317 g/mol. The van der Waals surface area contributed by atoms with E-state index in [1.165, 1.54) is 7.11 Å². The van der Waals surface area contributed by atoms with Crippen molar-refractivity contribution in [2.75, 3.05) is 12.9 Å². The van der Waals surface area contributed by atoms with E-state index in [2.05, 4.69) is 19.2 Å². The molecule has 1 saturated carbocycles. The first kappa shape index (κ1) is 18.8. The molecule has 4 nitrogen and oxygen atoms in total. The molecule has 4 atom stereocenters. The molecule has 0 radical (unpaired) electrons. The summed E-state index contributed by atoms with van der Waals surface area (Å²) >= 11 is 1.78. The Hall–Kier alpha value is -0.260. The fraction of sp³-hybridized carbons (Fsp3) is 0.938. The van der Waals surface area contributed by atoms with Crippen LogP contribution in [0.1, 0.15) is 53.4 Å². The molecule has 1 aliphatic carbocycles. The third-order valence-electron chi connectivity index (χ3n) is 4.44. The Bertz CT molecular complexity index is 335. The zero-order valence-corrected chi connectivity index (χ0v) is 14.8. The molecule has 0 saturated heterocycles. The van der Waals surface area contributed by atoms with Crippen molar-refractivity contribution in [2.24, 2.45) is 5.92 Å². The maximum atomic E-state index is 12.4. The van der Waals surface area contributed by atoms with Gasteiger partial charge in [-0.05, 0) is 51.7 Å². The highest BCUT2D eigenvalue weighted by Gasteiger charge is 2.49. The maximum Gasteiger partial charge on any atom is 0.326 e. The third kappa shape index (κ3) is 4.86. The molecule has 0 aromatic heterocycles. The Kier molecular flexibility index (Phi) is 7.51. The molecule has 1 rings (SSSR count). The molecule has 0 aliphatic heterocycles. The Morgan fingerprint density at radius 1 is 1.43 bits per heavy atom. The van der Waals surface area contributed by atoms with E-state index in [1.807, 2.05) is 13.8 Å². The predicted octanol–water partition coefficient (Wildman–Crippen LogP) is 2.59. The molecule has 5 heteroatoms. The van der Waals surface area contributed by atoms with Gasteiger partial charge in [0.05, 0.1) is 13.2 Å². The zero-order valence-electron chi connectivity index (χ0n) is 14.0. The number of rotatable bonds is 8. The van der Waals surface area contributed by atoms with E-state index >= 15 is 0 Å². The van der Waals surface area contributed by atoms with Crippen molar-refractivity contribution in [2.45, 2.75) is 76.3 Å². The topological polar surface area (TPSA) is 58.6 Å². The van der Waals surface area contributed by atoms with E-state index in [0.717, 1.165) is 31.4 Å². The Morgan fingerprint density at radius 2 is 2.10 bits per heavy atom. The molecule has 0 heterocycles. The number of hydrogen-bond acceptors (Lipinski definition) is 5. The van der Waals surface area contributed by atoms with Crippen LogP contribution in [-0.4, -0.2) is 46.9 Å². The minimum absolute atomic E-state index is 0.118. The number of aliphatic hydroxyl groups is 1. The van der Waals surface area contributed by atoms with Crippen LogP contribution in [0.15, 0.2) is 0 Å². The second-order valence-electron chi connectivity index (χ2n) is 6.46. The maximum absolute atomic E-state index is 12.4. The molecule has 4 unspecified atom stereocenters. The number of thioether (sulfide) groups is 1. The van der Waals surface area contributed by atoms with Crippen LogP contribution in [0.5, 0.6) is 0 Å². The van der Waals surface area contributed by atoms with Gasteiger partial charge in [-0.15, -0.1) is 0 Å². The van der Waals surface area contributed by atoms with Gasteiger partial charge in [0.1, 0.15) is 5.54 Å². The summed E-state index contributed by atoms with van der Waals surface area (Å²) in [4.78, 5) is 12.4. The summed E-state index contributed by atoms with van der Waals surface area (Å²) in [6, 6.07) is 0.258. The lowest BCUT2D eigenvalue weighted by Gasteiger charge is -2.36. The normalized spacial score (nSPS) is 28.6. The smallest absolute Gasteiger partial charge is 0.326 e. The summed E-state index contributed by atoms with van der Waals surface area (Å²) < 4.78 is 5.09. The fourth-order valence-corrected chi connectivity index (χ4v) is 4.29. The zero-order chi connectivity index (χ0) is 16.0. The SMILES string of the molecule is COC(=O)C1(NC(C)C)CCCC1CCSC(C)C(C)O. The molecule has 0 aromatic rings. The van der Waals surface area contributed by atoms with Gasteiger partial charge in [-0.1, -0.05) is 13.3 Å². The summed E-state index contributed by atoms with van der Waals surface area (Å²) in [5.74, 6) is 1.17. The number of carbonyl (C=O) groups is 1. The van der Waals surface area contributed by atoms with Crippen LogP contribution in [-0.2, 0) is 9.53 Å². The summed E-state index contributed by atoms with van der Waals surface area (Å²) in [7, 11) is 1.48. The van der Waals surface area contributed by atoms with Crippen LogP contribution in [0.2, 0.25) is 0 Å². The number of esters is 1. The van der Waals surface area contributed by atoms with Gasteiger partial charge in [-0.3, -0.25) is 10.1 Å². The Balaban J connectivity index is 2.67. The van der Waals surface area contributed by atoms with E-state index in [4.69, 9.17) is 4.74 Å². The first-order chi connectivity index (χ1) is 9.83. The lowest BCUT2D eigenvalue weighted by Crippen LogP contribution is -2.57. The van der Waals surface area contributed by atoms with E-state index in [0.29, 0.717) is 5.92 Å². The molecule has 124 valence electrons. The minimum Gasteiger partial charge on any atom is -0.468 e. The number of nitrogens with one attached hydrogen (secondary N) is 1. The summed E-state index contributed by atoms with van der Waals surface area (Å²) in [5.41, 5.74) is -0.516. The standard InChI is InChI=1S/C16H31NO3S/c1-11(2)17-16(15(19)20-5)9-6-7-14(16)8-10-21-13(4)12(3)18/h11-14,17-18H,6-10H2,1-5H3. The average Bonchev–Trinajstić information content (AvgIpc) is 2.80. The van der Waals surface area contributed by atoms with Crippen LogP contribution in [0, 0.1) is 5.92 Å². The van der Waals surface area contributed by atoms with E-state index in [9.17, 15) is 9.90 Å². The van der Waals surface area contributed by atoms with Crippen molar-refractivity contribution in [3.8, 4) is 0 Å². The van der Waals surface area contributed by atoms with Crippen LogP contribution in [0.25, 0.3) is 0 Å². The van der Waals surface area contributed by atoms with E-state index < -0.39 is 5.54 Å². The van der Waals surface area contributed by atoms with Gasteiger partial charge in [0, 0.05) is 11.3 Å². The first-order valence-corrected chi connectivity index (χ1v) is 9.04. The van der Waals surface area contributed by atoms with Crippen molar-refractivity contribution in [3.63, 3.8) is 0 Å². The van der Waals surface area contributed by atoms with Crippen molar-refractivity contribution >= 4 is 17.7 Å². The van der Waals surface area contributed by atoms with Crippen LogP contribution >= 0.6 is 11.8 Å². The quantitative estimate of drug-likeness (QED) is 0.674. The monoisotopic (exact) mass is 317 g/mol. The summed E-state index contributed by atoms with van der Waals surface area (Å²) in [5, 5.41) is 13.3. The van der Waals surface area contributed by atoms with Gasteiger partial charge < -0.3 is 9.84 Å². The number of hydrogen-bond donors (Lipinski definition) is 2. The number of ether oxygens (including phenoxy) is 1. The van der Waals surface area contributed by atoms with Gasteiger partial charge in [0.2, 0.25) is 0 Å². The molecule has 1 fully saturated rings. The molecule has 1 aliphatic rings. The Labute approximate surface area is 133 Å². The largest absolute Gasteiger partial charge is 0.468 e. The lowest BCUT2D eigenvalue weighted by atomic mass is 9.84. The van der Waals surface area contributed by atoms with E-state index in [1.54, 1.807) is 11.8 Å². The predicted molar refractivity (Wildman–Crippen MR) is 88.6 cm³/mol. The number of carbonyl (C=O) groups excluding carboxylic acids is 1. The first-order valence-electron chi connectivity index (χ1n) is 7.99. The number of methoxy groups -OCH3 is 1. The number of aliphatic hydroxyl groups excluding tert-OH is 1. The Morgan fingerprint density at radius 3 is 2.62 bits per heavy atom. The van der Waals surface area contributed by atoms with Crippen molar-refractivity contribution < 1.29 is 14.6 Å². The van der Waals surface area contributed by atoms with Gasteiger partial charge in [-0.2, -0.15) is 11.8 Å². The highest BCUT2D eigenvalue weighted by molar-refractivity contribution is 7.99. The van der Waals surface area contributed by atoms with Gasteiger partial charge >= 0.3 is 5.97 Å². The molecule has 2 N–H and O–H groups in total. The summed E-state index contributed by atoms with van der Waals surface area (Å²) in [6.45, 7) is 8.02.